The van der Waals surface area contributed by atoms with Gasteiger partial charge in [0.2, 0.25) is 0 Å². The van der Waals surface area contributed by atoms with Crippen molar-refractivity contribution in [3.8, 4) is 0 Å². The van der Waals surface area contributed by atoms with Crippen molar-refractivity contribution in [3.63, 3.8) is 0 Å². The highest BCUT2D eigenvalue weighted by molar-refractivity contribution is 5.41. The summed E-state index contributed by atoms with van der Waals surface area (Å²) in [5.41, 5.74) is 0.980. The molecule has 98 valence electrons. The molecule has 1 saturated carbocycles. The number of nitrogens with one attached hydrogen (secondary N) is 1. The van der Waals surface area contributed by atoms with Crippen LogP contribution in [0.2, 0.25) is 0 Å². The predicted octanol–water partition coefficient (Wildman–Crippen LogP) is 3.44. The quantitative estimate of drug-likeness (QED) is 0.457. The fraction of sp³-hybridized carbons (Fsp3) is 0.571. The van der Waals surface area contributed by atoms with E-state index in [1.54, 1.807) is 12.1 Å². The summed E-state index contributed by atoms with van der Waals surface area (Å²) in [5, 5.41) is 14.3. The Morgan fingerprint density at radius 3 is 2.83 bits per heavy atom. The molecule has 0 aliphatic heterocycles. The Morgan fingerprint density at radius 2 is 2.17 bits per heavy atom. The minimum absolute atomic E-state index is 0.0332. The number of hydrogen-bond acceptors (Lipinski definition) is 3. The Hall–Kier alpha value is -1.42. The van der Waals surface area contributed by atoms with Crippen molar-refractivity contribution < 1.29 is 4.92 Å². The highest BCUT2D eigenvalue weighted by Crippen LogP contribution is 2.33. The lowest BCUT2D eigenvalue weighted by molar-refractivity contribution is -0.385. The van der Waals surface area contributed by atoms with Crippen molar-refractivity contribution in [2.75, 3.05) is 6.54 Å². The molecule has 0 bridgehead atoms. The van der Waals surface area contributed by atoms with Crippen LogP contribution in [0.4, 0.5) is 5.69 Å². The van der Waals surface area contributed by atoms with Gasteiger partial charge in [0.05, 0.1) is 4.92 Å². The van der Waals surface area contributed by atoms with Crippen LogP contribution in [0, 0.1) is 16.0 Å². The number of rotatable bonds is 7. The predicted molar refractivity (Wildman–Crippen MR) is 71.5 cm³/mol. The van der Waals surface area contributed by atoms with E-state index in [4.69, 9.17) is 0 Å². The van der Waals surface area contributed by atoms with Gasteiger partial charge in [-0.1, -0.05) is 31.0 Å². The largest absolute Gasteiger partial charge is 0.310 e. The lowest BCUT2D eigenvalue weighted by Gasteiger charge is -2.14. The zero-order valence-electron chi connectivity index (χ0n) is 10.8. The number of hydrogen-bond donors (Lipinski definition) is 1. The average Bonchev–Trinajstić information content (AvgIpc) is 3.18. The van der Waals surface area contributed by atoms with Crippen LogP contribution in [0.5, 0.6) is 0 Å². The van der Waals surface area contributed by atoms with E-state index in [0.717, 1.165) is 24.4 Å². The van der Waals surface area contributed by atoms with Crippen molar-refractivity contribution in [1.82, 2.24) is 5.32 Å². The monoisotopic (exact) mass is 248 g/mol. The number of para-hydroxylation sites is 1. The molecule has 4 heteroatoms. The standard InChI is InChI=1S/C14H20N2O2/c1-11(15-10-4-5-12-8-9-12)13-6-2-3-7-14(13)16(17)18/h2-3,6-7,11-12,15H,4-5,8-10H2,1H3. The second kappa shape index (κ2) is 5.96. The molecule has 2 rings (SSSR count). The highest BCUT2D eigenvalue weighted by atomic mass is 16.6. The Kier molecular flexibility index (Phi) is 4.31. The minimum atomic E-state index is -0.308. The minimum Gasteiger partial charge on any atom is -0.310 e. The van der Waals surface area contributed by atoms with Crippen molar-refractivity contribution in [3.05, 3.63) is 39.9 Å². The second-order valence-electron chi connectivity index (χ2n) is 5.08. The van der Waals surface area contributed by atoms with Gasteiger partial charge >= 0.3 is 0 Å². The summed E-state index contributed by atoms with van der Waals surface area (Å²) in [6.07, 6.45) is 5.23. The van der Waals surface area contributed by atoms with Crippen molar-refractivity contribution >= 4 is 5.69 Å². The Bertz CT molecular complexity index is 416. The summed E-state index contributed by atoms with van der Waals surface area (Å²) < 4.78 is 0. The van der Waals surface area contributed by atoms with Crippen LogP contribution in [0.1, 0.15) is 44.2 Å². The third-order valence-electron chi connectivity index (χ3n) is 3.54. The van der Waals surface area contributed by atoms with Gasteiger partial charge in [0.1, 0.15) is 0 Å². The topological polar surface area (TPSA) is 55.2 Å². The van der Waals surface area contributed by atoms with Gasteiger partial charge in [0, 0.05) is 17.7 Å². The lowest BCUT2D eigenvalue weighted by Crippen LogP contribution is -2.20. The molecule has 1 aromatic carbocycles. The summed E-state index contributed by atoms with van der Waals surface area (Å²) in [6, 6.07) is 6.99. The molecule has 0 heterocycles. The first kappa shape index (κ1) is 13.0. The molecular weight excluding hydrogens is 228 g/mol. The van der Waals surface area contributed by atoms with Gasteiger partial charge in [0.25, 0.3) is 5.69 Å². The number of benzene rings is 1. The molecule has 18 heavy (non-hydrogen) atoms. The first-order chi connectivity index (χ1) is 8.68. The van der Waals surface area contributed by atoms with E-state index in [1.807, 2.05) is 19.1 Å². The van der Waals surface area contributed by atoms with Crippen LogP contribution in [-0.2, 0) is 0 Å². The van der Waals surface area contributed by atoms with E-state index in [0.29, 0.717) is 0 Å². The molecule has 0 spiro atoms. The summed E-state index contributed by atoms with van der Waals surface area (Å²) >= 11 is 0. The Labute approximate surface area is 108 Å². The van der Waals surface area contributed by atoms with Gasteiger partial charge in [-0.2, -0.15) is 0 Å². The van der Waals surface area contributed by atoms with Crippen LogP contribution in [0.25, 0.3) is 0 Å². The molecule has 1 aliphatic carbocycles. The maximum Gasteiger partial charge on any atom is 0.274 e. The van der Waals surface area contributed by atoms with E-state index in [-0.39, 0.29) is 16.7 Å². The Balaban J connectivity index is 1.86. The van der Waals surface area contributed by atoms with Gasteiger partial charge in [-0.15, -0.1) is 0 Å². The Morgan fingerprint density at radius 1 is 1.44 bits per heavy atom. The fourth-order valence-electron chi connectivity index (χ4n) is 2.25. The average molecular weight is 248 g/mol. The molecule has 1 aromatic rings. The van der Waals surface area contributed by atoms with Gasteiger partial charge in [0.15, 0.2) is 0 Å². The highest BCUT2D eigenvalue weighted by Gasteiger charge is 2.21. The summed E-state index contributed by atoms with van der Waals surface area (Å²) in [5.74, 6) is 0.952. The molecule has 0 aromatic heterocycles. The van der Waals surface area contributed by atoms with Crippen molar-refractivity contribution in [2.24, 2.45) is 5.92 Å². The molecule has 0 amide bonds. The molecular formula is C14H20N2O2. The second-order valence-corrected chi connectivity index (χ2v) is 5.08. The number of nitro groups is 1. The molecule has 0 saturated heterocycles. The zero-order chi connectivity index (χ0) is 13.0. The van der Waals surface area contributed by atoms with Gasteiger partial charge in [-0.25, -0.2) is 0 Å². The van der Waals surface area contributed by atoms with Gasteiger partial charge in [-0.3, -0.25) is 10.1 Å². The molecule has 1 N–H and O–H groups in total. The lowest BCUT2D eigenvalue weighted by atomic mass is 10.1. The SMILES string of the molecule is CC(NCCCC1CC1)c1ccccc1[N+](=O)[O-]. The number of nitrogens with zero attached hydrogens (tertiary/aromatic N) is 1. The molecule has 1 fully saturated rings. The third-order valence-corrected chi connectivity index (χ3v) is 3.54. The fourth-order valence-corrected chi connectivity index (χ4v) is 2.25. The van der Waals surface area contributed by atoms with Gasteiger partial charge in [-0.05, 0) is 32.2 Å². The van der Waals surface area contributed by atoms with Crippen molar-refractivity contribution in [2.45, 2.75) is 38.6 Å². The van der Waals surface area contributed by atoms with E-state index < -0.39 is 0 Å². The summed E-state index contributed by atoms with van der Waals surface area (Å²) in [4.78, 5) is 10.6. The van der Waals surface area contributed by atoms with E-state index >= 15 is 0 Å². The van der Waals surface area contributed by atoms with Gasteiger partial charge < -0.3 is 5.32 Å². The van der Waals surface area contributed by atoms with Crippen LogP contribution in [0.15, 0.2) is 24.3 Å². The smallest absolute Gasteiger partial charge is 0.274 e. The van der Waals surface area contributed by atoms with Crippen LogP contribution in [-0.4, -0.2) is 11.5 Å². The maximum atomic E-state index is 10.9. The third kappa shape index (κ3) is 3.53. The molecule has 4 nitrogen and oxygen atoms in total. The zero-order valence-corrected chi connectivity index (χ0v) is 10.8. The molecule has 0 radical (unpaired) electrons. The van der Waals surface area contributed by atoms with Crippen LogP contribution in [0.3, 0.4) is 0 Å². The van der Waals surface area contributed by atoms with E-state index in [2.05, 4.69) is 5.32 Å². The summed E-state index contributed by atoms with van der Waals surface area (Å²) in [6.45, 7) is 2.92. The number of nitro benzene ring substituents is 1. The normalized spacial score (nSPS) is 16.5. The van der Waals surface area contributed by atoms with E-state index in [1.165, 1.54) is 19.3 Å². The maximum absolute atomic E-state index is 10.9. The first-order valence-corrected chi connectivity index (χ1v) is 6.65. The molecule has 1 unspecified atom stereocenters. The van der Waals surface area contributed by atoms with Crippen LogP contribution < -0.4 is 5.32 Å². The van der Waals surface area contributed by atoms with E-state index in [9.17, 15) is 10.1 Å². The summed E-state index contributed by atoms with van der Waals surface area (Å²) in [7, 11) is 0. The first-order valence-electron chi connectivity index (χ1n) is 6.65. The molecule has 1 aliphatic rings. The molecule has 1 atom stereocenters. The van der Waals surface area contributed by atoms with Crippen LogP contribution >= 0.6 is 0 Å². The van der Waals surface area contributed by atoms with Crippen molar-refractivity contribution in [1.29, 1.82) is 0 Å².